The van der Waals surface area contributed by atoms with Crippen LogP contribution in [0.4, 0.5) is 0 Å². The predicted molar refractivity (Wildman–Crippen MR) is 71.1 cm³/mol. The number of nitrogens with zero attached hydrogens (tertiary/aromatic N) is 1. The van der Waals surface area contributed by atoms with Gasteiger partial charge in [0.25, 0.3) is 0 Å². The number of oxime groups is 1. The average molecular weight is 257 g/mol. The highest BCUT2D eigenvalue weighted by atomic mass is 32.1. The molecule has 0 fully saturated rings. The molecule has 0 radical (unpaired) electrons. The smallest absolute Gasteiger partial charge is 0.216 e. The fraction of sp³-hybridized carbons (Fsp3) is 0.143. The summed E-state index contributed by atoms with van der Waals surface area (Å²) in [4.78, 5) is 18.1. The number of hydrogen-bond donors (Lipinski definition) is 0. The van der Waals surface area contributed by atoms with Crippen LogP contribution in [0.5, 0.6) is 0 Å². The Kier molecular flexibility index (Phi) is 2.94. The van der Waals surface area contributed by atoms with Crippen molar-refractivity contribution in [3.8, 4) is 0 Å². The highest BCUT2D eigenvalue weighted by Crippen LogP contribution is 2.21. The minimum Gasteiger partial charge on any atom is -0.383 e. The Labute approximate surface area is 109 Å². The van der Waals surface area contributed by atoms with Gasteiger partial charge in [-0.2, -0.15) is 0 Å². The van der Waals surface area contributed by atoms with E-state index in [2.05, 4.69) is 5.16 Å². The van der Waals surface area contributed by atoms with Crippen LogP contribution < -0.4 is 0 Å². The molecule has 0 saturated carbocycles. The topological polar surface area (TPSA) is 38.7 Å². The zero-order chi connectivity index (χ0) is 12.4. The highest BCUT2D eigenvalue weighted by molar-refractivity contribution is 7.12. The molecule has 90 valence electrons. The number of Topliss-reactive ketones (excluding diaryl/α,β-unsaturated/α-hetero) is 1. The van der Waals surface area contributed by atoms with E-state index < -0.39 is 6.10 Å². The third-order valence-corrected chi connectivity index (χ3v) is 3.72. The van der Waals surface area contributed by atoms with Gasteiger partial charge < -0.3 is 4.84 Å². The Morgan fingerprint density at radius 1 is 1.22 bits per heavy atom. The minimum absolute atomic E-state index is 0.0136. The van der Waals surface area contributed by atoms with E-state index in [4.69, 9.17) is 4.84 Å². The van der Waals surface area contributed by atoms with Gasteiger partial charge >= 0.3 is 0 Å². The van der Waals surface area contributed by atoms with Crippen LogP contribution in [0.1, 0.15) is 21.7 Å². The molecular weight excluding hydrogens is 246 g/mol. The Hall–Kier alpha value is -1.94. The van der Waals surface area contributed by atoms with E-state index in [0.717, 1.165) is 16.2 Å². The van der Waals surface area contributed by atoms with Gasteiger partial charge in [0.15, 0.2) is 6.10 Å². The Balaban J connectivity index is 1.73. The number of rotatable bonds is 3. The number of ketones is 1. The molecule has 0 aliphatic carbocycles. The Morgan fingerprint density at radius 2 is 2.06 bits per heavy atom. The fourth-order valence-electron chi connectivity index (χ4n) is 1.90. The van der Waals surface area contributed by atoms with E-state index in [1.807, 2.05) is 47.8 Å². The van der Waals surface area contributed by atoms with Crippen LogP contribution in [-0.4, -0.2) is 17.6 Å². The first-order valence-electron chi connectivity index (χ1n) is 5.70. The van der Waals surface area contributed by atoms with Crippen molar-refractivity contribution in [1.29, 1.82) is 0 Å². The zero-order valence-electron chi connectivity index (χ0n) is 9.58. The monoisotopic (exact) mass is 257 g/mol. The quantitative estimate of drug-likeness (QED) is 0.792. The summed E-state index contributed by atoms with van der Waals surface area (Å²) in [5.74, 6) is 0.0136. The van der Waals surface area contributed by atoms with Crippen molar-refractivity contribution in [1.82, 2.24) is 0 Å². The van der Waals surface area contributed by atoms with Crippen molar-refractivity contribution in [2.45, 2.75) is 12.5 Å². The van der Waals surface area contributed by atoms with E-state index >= 15 is 0 Å². The van der Waals surface area contributed by atoms with Gasteiger partial charge in [0, 0.05) is 6.42 Å². The standard InChI is InChI=1S/C14H11NO2S/c16-14(13-7-4-8-18-13)12-9-11(15-17-12)10-5-2-1-3-6-10/h1-8,12H,9H2. The summed E-state index contributed by atoms with van der Waals surface area (Å²) in [5.41, 5.74) is 1.85. The lowest BCUT2D eigenvalue weighted by Crippen LogP contribution is -2.20. The summed E-state index contributed by atoms with van der Waals surface area (Å²) in [6.07, 6.45) is 0.0691. The predicted octanol–water partition coefficient (Wildman–Crippen LogP) is 3.12. The summed E-state index contributed by atoms with van der Waals surface area (Å²) in [6, 6.07) is 13.5. The normalized spacial score (nSPS) is 18.2. The number of benzene rings is 1. The van der Waals surface area contributed by atoms with Crippen molar-refractivity contribution >= 4 is 22.8 Å². The van der Waals surface area contributed by atoms with E-state index in [1.165, 1.54) is 11.3 Å². The molecule has 3 rings (SSSR count). The molecule has 0 spiro atoms. The third-order valence-electron chi connectivity index (χ3n) is 2.83. The zero-order valence-corrected chi connectivity index (χ0v) is 10.4. The summed E-state index contributed by atoms with van der Waals surface area (Å²) in [6.45, 7) is 0. The van der Waals surface area contributed by atoms with Crippen molar-refractivity contribution in [3.63, 3.8) is 0 Å². The van der Waals surface area contributed by atoms with Crippen LogP contribution >= 0.6 is 11.3 Å². The van der Waals surface area contributed by atoms with Gasteiger partial charge in [0.05, 0.1) is 10.6 Å². The summed E-state index contributed by atoms with van der Waals surface area (Å²) < 4.78 is 0. The molecule has 1 aliphatic rings. The fourth-order valence-corrected chi connectivity index (χ4v) is 2.60. The lowest BCUT2D eigenvalue weighted by Gasteiger charge is -2.04. The van der Waals surface area contributed by atoms with Crippen LogP contribution in [0.3, 0.4) is 0 Å². The number of carbonyl (C=O) groups excluding carboxylic acids is 1. The molecule has 2 aromatic rings. The van der Waals surface area contributed by atoms with Gasteiger partial charge in [-0.15, -0.1) is 11.3 Å². The molecule has 0 amide bonds. The maximum Gasteiger partial charge on any atom is 0.216 e. The molecule has 1 unspecified atom stereocenters. The first kappa shape index (κ1) is 11.2. The van der Waals surface area contributed by atoms with Crippen LogP contribution in [0.15, 0.2) is 53.0 Å². The molecule has 3 nitrogen and oxygen atoms in total. The highest BCUT2D eigenvalue weighted by Gasteiger charge is 2.29. The number of carbonyl (C=O) groups is 1. The van der Waals surface area contributed by atoms with E-state index in [0.29, 0.717) is 6.42 Å². The summed E-state index contributed by atoms with van der Waals surface area (Å²) >= 11 is 1.43. The Morgan fingerprint density at radius 3 is 2.78 bits per heavy atom. The number of thiophene rings is 1. The first-order chi connectivity index (χ1) is 8.84. The van der Waals surface area contributed by atoms with Crippen LogP contribution in [0.2, 0.25) is 0 Å². The lowest BCUT2D eigenvalue weighted by atomic mass is 10.0. The summed E-state index contributed by atoms with van der Waals surface area (Å²) in [5, 5.41) is 5.91. The van der Waals surface area contributed by atoms with Crippen LogP contribution in [-0.2, 0) is 4.84 Å². The SMILES string of the molecule is O=C(c1cccs1)C1CC(c2ccccc2)=NO1. The molecule has 0 saturated heterocycles. The molecular formula is C14H11NO2S. The minimum atomic E-state index is -0.473. The van der Waals surface area contributed by atoms with E-state index in [1.54, 1.807) is 0 Å². The maximum atomic E-state index is 12.1. The van der Waals surface area contributed by atoms with Gasteiger partial charge in [-0.25, -0.2) is 0 Å². The van der Waals surface area contributed by atoms with Crippen LogP contribution in [0.25, 0.3) is 0 Å². The molecule has 0 N–H and O–H groups in total. The largest absolute Gasteiger partial charge is 0.383 e. The molecule has 1 aliphatic heterocycles. The molecule has 4 heteroatoms. The van der Waals surface area contributed by atoms with Gasteiger partial charge in [-0.1, -0.05) is 41.6 Å². The van der Waals surface area contributed by atoms with Crippen molar-refractivity contribution in [2.75, 3.05) is 0 Å². The lowest BCUT2D eigenvalue weighted by molar-refractivity contribution is 0.0560. The molecule has 0 bridgehead atoms. The second-order valence-corrected chi connectivity index (χ2v) is 4.99. The second kappa shape index (κ2) is 4.74. The third kappa shape index (κ3) is 2.07. The van der Waals surface area contributed by atoms with E-state index in [-0.39, 0.29) is 5.78 Å². The van der Waals surface area contributed by atoms with Crippen molar-refractivity contribution < 1.29 is 9.63 Å². The van der Waals surface area contributed by atoms with E-state index in [9.17, 15) is 4.79 Å². The van der Waals surface area contributed by atoms with Crippen molar-refractivity contribution in [2.24, 2.45) is 5.16 Å². The second-order valence-electron chi connectivity index (χ2n) is 4.04. The maximum absolute atomic E-state index is 12.1. The average Bonchev–Trinajstić information content (AvgIpc) is 3.10. The van der Waals surface area contributed by atoms with Gasteiger partial charge in [-0.05, 0) is 17.0 Å². The van der Waals surface area contributed by atoms with Gasteiger partial charge in [-0.3, -0.25) is 4.79 Å². The van der Waals surface area contributed by atoms with Gasteiger partial charge in [0.2, 0.25) is 5.78 Å². The molecule has 1 aromatic heterocycles. The molecule has 1 atom stereocenters. The molecule has 1 aromatic carbocycles. The molecule has 2 heterocycles. The summed E-state index contributed by atoms with van der Waals surface area (Å²) in [7, 11) is 0. The van der Waals surface area contributed by atoms with Crippen LogP contribution in [0, 0.1) is 0 Å². The first-order valence-corrected chi connectivity index (χ1v) is 6.58. The van der Waals surface area contributed by atoms with Gasteiger partial charge in [0.1, 0.15) is 0 Å². The number of hydrogen-bond acceptors (Lipinski definition) is 4. The van der Waals surface area contributed by atoms with Crippen molar-refractivity contribution in [3.05, 3.63) is 58.3 Å². The molecule has 18 heavy (non-hydrogen) atoms. The Bertz CT molecular complexity index is 575.